The van der Waals surface area contributed by atoms with Crippen molar-refractivity contribution in [3.05, 3.63) is 49.4 Å². The smallest absolute Gasteiger partial charge is 0.115 e. The highest BCUT2D eigenvalue weighted by molar-refractivity contribution is 9.10. The van der Waals surface area contributed by atoms with Crippen LogP contribution in [0.2, 0.25) is 0 Å². The van der Waals surface area contributed by atoms with Crippen LogP contribution in [0.25, 0.3) is 0 Å². The van der Waals surface area contributed by atoms with E-state index in [0.717, 1.165) is 10.9 Å². The Kier molecular flexibility index (Phi) is 3.74. The number of nitrogens with one attached hydrogen (secondary N) is 1. The van der Waals surface area contributed by atoms with Gasteiger partial charge in [0.1, 0.15) is 5.01 Å². The van der Waals surface area contributed by atoms with Crippen molar-refractivity contribution in [1.29, 1.82) is 0 Å². The molecule has 0 saturated heterocycles. The monoisotopic (exact) mass is 336 g/mol. The van der Waals surface area contributed by atoms with Gasteiger partial charge in [0.25, 0.3) is 0 Å². The second kappa shape index (κ2) is 5.35. The van der Waals surface area contributed by atoms with Gasteiger partial charge >= 0.3 is 0 Å². The summed E-state index contributed by atoms with van der Waals surface area (Å²) in [4.78, 5) is 6.32. The number of thiazole rings is 1. The van der Waals surface area contributed by atoms with E-state index in [0.29, 0.717) is 0 Å². The van der Waals surface area contributed by atoms with Crippen molar-refractivity contribution in [3.8, 4) is 0 Å². The first kappa shape index (κ1) is 13.3. The van der Waals surface area contributed by atoms with E-state index in [4.69, 9.17) is 4.98 Å². The van der Waals surface area contributed by atoms with Crippen LogP contribution in [-0.4, -0.2) is 12.0 Å². The third-order valence-corrected chi connectivity index (χ3v) is 5.52. The SMILES string of the molecule is CNC(c1nc2c(s1)CCC2)c1ccc(C)cc1Br. The van der Waals surface area contributed by atoms with Gasteiger partial charge in [-0.2, -0.15) is 0 Å². The second-order valence-electron chi connectivity index (χ2n) is 5.02. The number of aryl methyl sites for hydroxylation is 3. The van der Waals surface area contributed by atoms with Gasteiger partial charge in [-0.3, -0.25) is 0 Å². The highest BCUT2D eigenvalue weighted by Gasteiger charge is 2.23. The summed E-state index contributed by atoms with van der Waals surface area (Å²) in [5.41, 5.74) is 3.86. The molecule has 0 radical (unpaired) electrons. The van der Waals surface area contributed by atoms with Crippen LogP contribution in [0.3, 0.4) is 0 Å². The predicted molar refractivity (Wildman–Crippen MR) is 83.9 cm³/mol. The normalized spacial score (nSPS) is 15.5. The summed E-state index contributed by atoms with van der Waals surface area (Å²) in [5, 5.41) is 4.59. The van der Waals surface area contributed by atoms with Crippen molar-refractivity contribution in [2.45, 2.75) is 32.2 Å². The van der Waals surface area contributed by atoms with Crippen LogP contribution in [0.15, 0.2) is 22.7 Å². The van der Waals surface area contributed by atoms with Crippen LogP contribution in [0, 0.1) is 6.92 Å². The molecule has 1 aromatic heterocycles. The molecule has 0 bridgehead atoms. The summed E-state index contributed by atoms with van der Waals surface area (Å²) in [6.07, 6.45) is 3.63. The van der Waals surface area contributed by atoms with Gasteiger partial charge < -0.3 is 5.32 Å². The van der Waals surface area contributed by atoms with E-state index in [1.807, 2.05) is 18.4 Å². The second-order valence-corrected chi connectivity index (χ2v) is 6.99. The molecule has 0 aliphatic heterocycles. The molecule has 0 fully saturated rings. The number of rotatable bonds is 3. The van der Waals surface area contributed by atoms with Gasteiger partial charge in [0.15, 0.2) is 0 Å². The van der Waals surface area contributed by atoms with Crippen LogP contribution in [-0.2, 0) is 12.8 Å². The van der Waals surface area contributed by atoms with Crippen molar-refractivity contribution in [2.24, 2.45) is 0 Å². The largest absolute Gasteiger partial charge is 0.307 e. The third kappa shape index (κ3) is 2.49. The van der Waals surface area contributed by atoms with E-state index >= 15 is 0 Å². The third-order valence-electron chi connectivity index (χ3n) is 3.61. The van der Waals surface area contributed by atoms with Gasteiger partial charge in [-0.1, -0.05) is 28.1 Å². The molecular weight excluding hydrogens is 320 g/mol. The fourth-order valence-electron chi connectivity index (χ4n) is 2.61. The zero-order chi connectivity index (χ0) is 13.4. The van der Waals surface area contributed by atoms with Crippen LogP contribution in [0.5, 0.6) is 0 Å². The fourth-order valence-corrected chi connectivity index (χ4v) is 4.62. The molecule has 0 spiro atoms. The molecule has 1 aliphatic carbocycles. The fraction of sp³-hybridized carbons (Fsp3) is 0.400. The Labute approximate surface area is 126 Å². The number of hydrogen-bond donors (Lipinski definition) is 1. The maximum Gasteiger partial charge on any atom is 0.115 e. The van der Waals surface area contributed by atoms with Crippen LogP contribution in [0.1, 0.15) is 39.2 Å². The Morgan fingerprint density at radius 3 is 2.89 bits per heavy atom. The number of aromatic nitrogens is 1. The molecule has 2 nitrogen and oxygen atoms in total. The highest BCUT2D eigenvalue weighted by atomic mass is 79.9. The van der Waals surface area contributed by atoms with Crippen LogP contribution >= 0.6 is 27.3 Å². The summed E-state index contributed by atoms with van der Waals surface area (Å²) in [5.74, 6) is 0. The maximum atomic E-state index is 4.84. The van der Waals surface area contributed by atoms with Gasteiger partial charge in [0.2, 0.25) is 0 Å². The average Bonchev–Trinajstić information content (AvgIpc) is 2.93. The van der Waals surface area contributed by atoms with Gasteiger partial charge in [0.05, 0.1) is 11.7 Å². The highest BCUT2D eigenvalue weighted by Crippen LogP contribution is 2.35. The molecule has 1 heterocycles. The van der Waals surface area contributed by atoms with Crippen molar-refractivity contribution < 1.29 is 0 Å². The zero-order valence-electron chi connectivity index (χ0n) is 11.2. The summed E-state index contributed by atoms with van der Waals surface area (Å²) >= 11 is 5.55. The van der Waals surface area contributed by atoms with E-state index in [1.54, 1.807) is 0 Å². The first-order chi connectivity index (χ1) is 9.19. The minimum absolute atomic E-state index is 0.186. The Bertz CT molecular complexity index is 585. The van der Waals surface area contributed by atoms with Gasteiger partial charge in [-0.05, 0) is 50.4 Å². The lowest BCUT2D eigenvalue weighted by Crippen LogP contribution is -2.18. The van der Waals surface area contributed by atoms with Crippen molar-refractivity contribution in [2.75, 3.05) is 7.05 Å². The number of fused-ring (bicyclic) bond motifs is 1. The van der Waals surface area contributed by atoms with Gasteiger partial charge in [-0.15, -0.1) is 11.3 Å². The van der Waals surface area contributed by atoms with Crippen LogP contribution in [0.4, 0.5) is 0 Å². The Morgan fingerprint density at radius 1 is 1.37 bits per heavy atom. The van der Waals surface area contributed by atoms with E-state index in [1.165, 1.54) is 39.5 Å². The topological polar surface area (TPSA) is 24.9 Å². The molecule has 1 aromatic carbocycles. The lowest BCUT2D eigenvalue weighted by atomic mass is 10.1. The van der Waals surface area contributed by atoms with E-state index in [9.17, 15) is 0 Å². The van der Waals surface area contributed by atoms with E-state index < -0.39 is 0 Å². The standard InChI is InChI=1S/C15H17BrN2S/c1-9-6-7-10(11(16)8-9)14(17-2)15-18-12-4-3-5-13(12)19-15/h6-8,14,17H,3-5H2,1-2H3. The Morgan fingerprint density at radius 2 is 2.21 bits per heavy atom. The lowest BCUT2D eigenvalue weighted by molar-refractivity contribution is 0.680. The first-order valence-corrected chi connectivity index (χ1v) is 8.22. The molecular formula is C15H17BrN2S. The Hall–Kier alpha value is -0.710. The molecule has 2 aromatic rings. The van der Waals surface area contributed by atoms with Crippen molar-refractivity contribution >= 4 is 27.3 Å². The summed E-state index contributed by atoms with van der Waals surface area (Å²) in [6, 6.07) is 6.70. The molecule has 4 heteroatoms. The average molecular weight is 337 g/mol. The number of hydrogen-bond acceptors (Lipinski definition) is 3. The molecule has 1 atom stereocenters. The van der Waals surface area contributed by atoms with E-state index in [2.05, 4.69) is 46.4 Å². The molecule has 1 N–H and O–H groups in total. The molecule has 100 valence electrons. The number of benzene rings is 1. The quantitative estimate of drug-likeness (QED) is 0.915. The molecule has 19 heavy (non-hydrogen) atoms. The predicted octanol–water partition coefficient (Wildman–Crippen LogP) is 4.01. The molecule has 0 saturated carbocycles. The minimum Gasteiger partial charge on any atom is -0.307 e. The summed E-state index contributed by atoms with van der Waals surface area (Å²) in [6.45, 7) is 2.11. The summed E-state index contributed by atoms with van der Waals surface area (Å²) in [7, 11) is 2.00. The molecule has 0 amide bonds. The van der Waals surface area contributed by atoms with Crippen molar-refractivity contribution in [3.63, 3.8) is 0 Å². The lowest BCUT2D eigenvalue weighted by Gasteiger charge is -2.16. The molecule has 1 aliphatic rings. The number of halogens is 1. The van der Waals surface area contributed by atoms with E-state index in [-0.39, 0.29) is 6.04 Å². The zero-order valence-corrected chi connectivity index (χ0v) is 13.6. The van der Waals surface area contributed by atoms with Crippen molar-refractivity contribution in [1.82, 2.24) is 10.3 Å². The first-order valence-electron chi connectivity index (χ1n) is 6.61. The van der Waals surface area contributed by atoms with Crippen LogP contribution < -0.4 is 5.32 Å². The van der Waals surface area contributed by atoms with Gasteiger partial charge in [-0.25, -0.2) is 4.98 Å². The molecule has 3 rings (SSSR count). The number of nitrogens with zero attached hydrogens (tertiary/aromatic N) is 1. The minimum atomic E-state index is 0.186. The van der Waals surface area contributed by atoms with Gasteiger partial charge in [0, 0.05) is 9.35 Å². The summed E-state index contributed by atoms with van der Waals surface area (Å²) < 4.78 is 1.15. The maximum absolute atomic E-state index is 4.84. The molecule has 1 unspecified atom stereocenters. The Balaban J connectivity index is 1.99.